The zero-order chi connectivity index (χ0) is 16.9. The van der Waals surface area contributed by atoms with Gasteiger partial charge in [0, 0.05) is 0 Å². The SMILES string of the molecule is CC(C)P(=O)(N[C@@H](C)C(=O)OC1CCCC1)Oc1ccccc1. The van der Waals surface area contributed by atoms with E-state index in [9.17, 15) is 9.36 Å². The first-order chi connectivity index (χ1) is 10.9. The summed E-state index contributed by atoms with van der Waals surface area (Å²) in [5.74, 6) is 0.155. The average Bonchev–Trinajstić information content (AvgIpc) is 3.00. The Hall–Kier alpha value is -1.32. The Morgan fingerprint density at radius 2 is 1.78 bits per heavy atom. The standard InChI is InChI=1S/C17H26NO4P/c1-13(2)23(20,22-16-11-5-4-6-12-16)18-14(3)17(19)21-15-9-7-8-10-15/h4-6,11-15H,7-10H2,1-3H3,(H,18,20)/t14-,23?/m0/s1. The van der Waals surface area contributed by atoms with Gasteiger partial charge in [0.1, 0.15) is 17.9 Å². The van der Waals surface area contributed by atoms with Crippen molar-refractivity contribution in [1.29, 1.82) is 0 Å². The van der Waals surface area contributed by atoms with Gasteiger partial charge in [-0.1, -0.05) is 32.0 Å². The normalized spacial score (nSPS) is 19.3. The van der Waals surface area contributed by atoms with Gasteiger partial charge in [-0.15, -0.1) is 0 Å². The monoisotopic (exact) mass is 339 g/mol. The number of carbonyl (C=O) groups is 1. The molecule has 0 amide bonds. The van der Waals surface area contributed by atoms with Gasteiger partial charge in [0.2, 0.25) is 0 Å². The summed E-state index contributed by atoms with van der Waals surface area (Å²) in [6.45, 7) is 5.29. The molecule has 1 aliphatic rings. The van der Waals surface area contributed by atoms with Crippen LogP contribution >= 0.6 is 7.52 Å². The van der Waals surface area contributed by atoms with Gasteiger partial charge in [-0.3, -0.25) is 9.36 Å². The molecule has 1 fully saturated rings. The Kier molecular flexibility index (Phi) is 6.25. The highest BCUT2D eigenvalue weighted by molar-refractivity contribution is 7.58. The summed E-state index contributed by atoms with van der Waals surface area (Å²) in [5, 5.41) is 2.87. The molecule has 0 aromatic heterocycles. The number of hydrogen-bond acceptors (Lipinski definition) is 4. The van der Waals surface area contributed by atoms with E-state index in [0.29, 0.717) is 5.75 Å². The van der Waals surface area contributed by atoms with Crippen LogP contribution in [-0.4, -0.2) is 23.8 Å². The summed E-state index contributed by atoms with van der Waals surface area (Å²) in [4.78, 5) is 12.2. The third-order valence-electron chi connectivity index (χ3n) is 3.98. The number of ether oxygens (including phenoxy) is 1. The second-order valence-electron chi connectivity index (χ2n) is 6.29. The summed E-state index contributed by atoms with van der Waals surface area (Å²) in [6, 6.07) is 8.32. The number of rotatable bonds is 7. The number of hydrogen-bond donors (Lipinski definition) is 1. The lowest BCUT2D eigenvalue weighted by molar-refractivity contribution is -0.150. The van der Waals surface area contributed by atoms with Crippen molar-refractivity contribution in [3.63, 3.8) is 0 Å². The first-order valence-corrected chi connectivity index (χ1v) is 9.93. The molecule has 1 N–H and O–H groups in total. The van der Waals surface area contributed by atoms with Gasteiger partial charge in [0.15, 0.2) is 0 Å². The fraction of sp³-hybridized carbons (Fsp3) is 0.588. The third kappa shape index (κ3) is 5.08. The molecule has 1 aromatic carbocycles. The minimum absolute atomic E-state index is 0.000210. The molecular formula is C17H26NO4P. The van der Waals surface area contributed by atoms with Crippen LogP contribution in [0.25, 0.3) is 0 Å². The zero-order valence-corrected chi connectivity index (χ0v) is 14.9. The summed E-state index contributed by atoms with van der Waals surface area (Å²) in [7, 11) is -3.22. The first-order valence-electron chi connectivity index (χ1n) is 8.23. The molecule has 2 atom stereocenters. The summed E-state index contributed by atoms with van der Waals surface area (Å²) < 4.78 is 24.3. The molecule has 5 nitrogen and oxygen atoms in total. The topological polar surface area (TPSA) is 64.6 Å². The van der Waals surface area contributed by atoms with E-state index in [1.807, 2.05) is 32.0 Å². The molecule has 128 valence electrons. The van der Waals surface area contributed by atoms with Crippen molar-refractivity contribution >= 4 is 13.5 Å². The van der Waals surface area contributed by atoms with Crippen LogP contribution in [0.5, 0.6) is 5.75 Å². The first kappa shape index (κ1) is 18.0. The molecule has 0 spiro atoms. The lowest BCUT2D eigenvalue weighted by Crippen LogP contribution is -2.37. The van der Waals surface area contributed by atoms with Crippen molar-refractivity contribution in [3.8, 4) is 5.75 Å². The zero-order valence-electron chi connectivity index (χ0n) is 14.0. The molecular weight excluding hydrogens is 313 g/mol. The minimum Gasteiger partial charge on any atom is -0.461 e. The maximum atomic E-state index is 13.1. The number of para-hydroxylation sites is 1. The highest BCUT2D eigenvalue weighted by Crippen LogP contribution is 2.48. The predicted molar refractivity (Wildman–Crippen MR) is 90.8 cm³/mol. The second-order valence-corrected chi connectivity index (χ2v) is 8.96. The number of carbonyl (C=O) groups excluding carboxylic acids is 1. The van der Waals surface area contributed by atoms with Crippen molar-refractivity contribution in [2.24, 2.45) is 0 Å². The van der Waals surface area contributed by atoms with Crippen molar-refractivity contribution < 1.29 is 18.6 Å². The lowest BCUT2D eigenvalue weighted by atomic mass is 10.3. The molecule has 1 aromatic rings. The molecule has 1 aliphatic carbocycles. The van der Waals surface area contributed by atoms with Crippen LogP contribution < -0.4 is 9.61 Å². The van der Waals surface area contributed by atoms with Crippen LogP contribution in [0.3, 0.4) is 0 Å². The predicted octanol–water partition coefficient (Wildman–Crippen LogP) is 4.13. The molecule has 0 heterocycles. The Bertz CT molecular complexity index is 555. The van der Waals surface area contributed by atoms with E-state index in [0.717, 1.165) is 25.7 Å². The Labute approximate surface area is 138 Å². The van der Waals surface area contributed by atoms with Crippen molar-refractivity contribution in [2.45, 2.75) is 64.3 Å². The van der Waals surface area contributed by atoms with E-state index in [4.69, 9.17) is 9.26 Å². The molecule has 0 saturated heterocycles. The lowest BCUT2D eigenvalue weighted by Gasteiger charge is -2.26. The van der Waals surface area contributed by atoms with Crippen molar-refractivity contribution in [3.05, 3.63) is 30.3 Å². The van der Waals surface area contributed by atoms with Gasteiger partial charge in [-0.05, 0) is 44.7 Å². The number of benzene rings is 1. The van der Waals surface area contributed by atoms with Gasteiger partial charge in [0.05, 0.1) is 5.66 Å². The van der Waals surface area contributed by atoms with Crippen molar-refractivity contribution in [1.82, 2.24) is 5.09 Å². The second kappa shape index (κ2) is 7.98. The van der Waals surface area contributed by atoms with Gasteiger partial charge < -0.3 is 9.26 Å². The van der Waals surface area contributed by atoms with Gasteiger partial charge in [-0.2, -0.15) is 0 Å². The van der Waals surface area contributed by atoms with E-state index in [2.05, 4.69) is 5.09 Å². The van der Waals surface area contributed by atoms with E-state index in [-0.39, 0.29) is 17.7 Å². The van der Waals surface area contributed by atoms with E-state index in [1.165, 1.54) is 0 Å². The molecule has 0 bridgehead atoms. The summed E-state index contributed by atoms with van der Waals surface area (Å²) in [6.07, 6.45) is 4.03. The summed E-state index contributed by atoms with van der Waals surface area (Å²) in [5.41, 5.74) is -0.260. The highest BCUT2D eigenvalue weighted by atomic mass is 31.2. The minimum atomic E-state index is -3.22. The third-order valence-corrected chi connectivity index (χ3v) is 6.57. The Balaban J connectivity index is 1.99. The maximum absolute atomic E-state index is 13.1. The largest absolute Gasteiger partial charge is 0.461 e. The molecule has 0 aliphatic heterocycles. The van der Waals surface area contributed by atoms with Crippen LogP contribution in [0.15, 0.2) is 30.3 Å². The van der Waals surface area contributed by atoms with E-state index in [1.54, 1.807) is 19.1 Å². The maximum Gasteiger partial charge on any atom is 0.323 e. The van der Waals surface area contributed by atoms with Crippen LogP contribution in [0, 0.1) is 0 Å². The van der Waals surface area contributed by atoms with E-state index >= 15 is 0 Å². The van der Waals surface area contributed by atoms with E-state index < -0.39 is 13.6 Å². The van der Waals surface area contributed by atoms with Crippen LogP contribution in [-0.2, 0) is 14.1 Å². The van der Waals surface area contributed by atoms with Crippen molar-refractivity contribution in [2.75, 3.05) is 0 Å². The molecule has 23 heavy (non-hydrogen) atoms. The van der Waals surface area contributed by atoms with Crippen LogP contribution in [0.2, 0.25) is 0 Å². The molecule has 1 unspecified atom stereocenters. The molecule has 1 saturated carbocycles. The van der Waals surface area contributed by atoms with Gasteiger partial charge >= 0.3 is 13.5 Å². The molecule has 0 radical (unpaired) electrons. The smallest absolute Gasteiger partial charge is 0.323 e. The molecule has 6 heteroatoms. The quantitative estimate of drug-likeness (QED) is 0.598. The fourth-order valence-corrected chi connectivity index (χ4v) is 4.16. The number of esters is 1. The fourth-order valence-electron chi connectivity index (χ4n) is 2.51. The average molecular weight is 339 g/mol. The summed E-state index contributed by atoms with van der Waals surface area (Å²) >= 11 is 0. The Morgan fingerprint density at radius 3 is 2.35 bits per heavy atom. The molecule has 2 rings (SSSR count). The van der Waals surface area contributed by atoms with Gasteiger partial charge in [-0.25, -0.2) is 5.09 Å². The van der Waals surface area contributed by atoms with Gasteiger partial charge in [0.25, 0.3) is 0 Å². The number of nitrogens with one attached hydrogen (secondary N) is 1. The highest BCUT2D eigenvalue weighted by Gasteiger charge is 2.34. The Morgan fingerprint density at radius 1 is 1.17 bits per heavy atom. The van der Waals surface area contributed by atoms with Crippen LogP contribution in [0.4, 0.5) is 0 Å². The van der Waals surface area contributed by atoms with Crippen LogP contribution in [0.1, 0.15) is 46.5 Å².